The van der Waals surface area contributed by atoms with E-state index in [0.717, 1.165) is 6.42 Å². The summed E-state index contributed by atoms with van der Waals surface area (Å²) in [6.07, 6.45) is 0.786. The molecule has 1 unspecified atom stereocenters. The number of ether oxygens (including phenoxy) is 1. The highest BCUT2D eigenvalue weighted by Crippen LogP contribution is 2.29. The van der Waals surface area contributed by atoms with E-state index in [1.54, 1.807) is 0 Å². The summed E-state index contributed by atoms with van der Waals surface area (Å²) in [5.41, 5.74) is 0.371. The van der Waals surface area contributed by atoms with Gasteiger partial charge in [0.05, 0.1) is 18.7 Å². The van der Waals surface area contributed by atoms with Gasteiger partial charge in [0, 0.05) is 19.1 Å². The third kappa shape index (κ3) is 3.47. The average molecular weight is 332 g/mol. The van der Waals surface area contributed by atoms with E-state index in [1.165, 1.54) is 29.6 Å². The Morgan fingerprint density at radius 2 is 2.19 bits per heavy atom. The molecular formula is C13H18ClN3O3S. The third-order valence-electron chi connectivity index (χ3n) is 3.47. The Bertz CT molecular complexity index is 643. The van der Waals surface area contributed by atoms with Crippen LogP contribution in [0.1, 0.15) is 12.0 Å². The summed E-state index contributed by atoms with van der Waals surface area (Å²) in [6, 6.07) is 6.50. The maximum atomic E-state index is 12.6. The van der Waals surface area contributed by atoms with E-state index in [-0.39, 0.29) is 29.1 Å². The van der Waals surface area contributed by atoms with E-state index in [1.807, 2.05) is 13.1 Å². The van der Waals surface area contributed by atoms with E-state index in [4.69, 9.17) is 10.00 Å². The summed E-state index contributed by atoms with van der Waals surface area (Å²) in [7, 11) is -0.369. The summed E-state index contributed by atoms with van der Waals surface area (Å²) in [5, 5.41) is 11.9. The number of nitrogens with zero attached hydrogens (tertiary/aromatic N) is 2. The molecule has 0 amide bonds. The third-order valence-corrected chi connectivity index (χ3v) is 5.37. The fourth-order valence-corrected chi connectivity index (χ4v) is 3.91. The van der Waals surface area contributed by atoms with Crippen LogP contribution in [0.4, 0.5) is 0 Å². The molecule has 8 heteroatoms. The van der Waals surface area contributed by atoms with E-state index < -0.39 is 10.0 Å². The zero-order valence-electron chi connectivity index (χ0n) is 11.9. The minimum atomic E-state index is -3.59. The number of nitrogens with one attached hydrogen (secondary N) is 1. The topological polar surface area (TPSA) is 82.4 Å². The highest BCUT2D eigenvalue weighted by atomic mass is 35.5. The van der Waals surface area contributed by atoms with Crippen molar-refractivity contribution in [3.05, 3.63) is 23.8 Å². The predicted octanol–water partition coefficient (Wildman–Crippen LogP) is 0.971. The first-order valence-electron chi connectivity index (χ1n) is 6.28. The van der Waals surface area contributed by atoms with Crippen LogP contribution >= 0.6 is 12.4 Å². The first-order valence-corrected chi connectivity index (χ1v) is 7.72. The molecule has 0 radical (unpaired) electrons. The van der Waals surface area contributed by atoms with Gasteiger partial charge in [0.2, 0.25) is 10.0 Å². The predicted molar refractivity (Wildman–Crippen MR) is 81.2 cm³/mol. The van der Waals surface area contributed by atoms with Crippen LogP contribution < -0.4 is 10.1 Å². The van der Waals surface area contributed by atoms with Crippen molar-refractivity contribution in [2.75, 3.05) is 27.2 Å². The van der Waals surface area contributed by atoms with E-state index >= 15 is 0 Å². The number of sulfonamides is 1. The molecule has 2 rings (SSSR count). The minimum absolute atomic E-state index is 0. The number of nitriles is 1. The summed E-state index contributed by atoms with van der Waals surface area (Å²) < 4.78 is 31.8. The van der Waals surface area contributed by atoms with Crippen molar-refractivity contribution in [1.82, 2.24) is 9.62 Å². The average Bonchev–Trinajstić information content (AvgIpc) is 2.96. The second kappa shape index (κ2) is 7.09. The lowest BCUT2D eigenvalue weighted by molar-refractivity contribution is 0.397. The molecule has 1 aliphatic rings. The molecule has 21 heavy (non-hydrogen) atoms. The standard InChI is InChI=1S/C13H17N3O3S.ClH/c1-15-11-5-6-16(9-11)20(17,18)13-4-3-10(8-14)7-12(13)19-2;/h3-4,7,11,15H,5-6,9H2,1-2H3;1H. The Morgan fingerprint density at radius 3 is 2.71 bits per heavy atom. The summed E-state index contributed by atoms with van der Waals surface area (Å²) in [4.78, 5) is 0.107. The number of rotatable bonds is 4. The number of halogens is 1. The fraction of sp³-hybridized carbons (Fsp3) is 0.462. The van der Waals surface area contributed by atoms with Crippen molar-refractivity contribution >= 4 is 22.4 Å². The molecular weight excluding hydrogens is 314 g/mol. The molecule has 1 fully saturated rings. The van der Waals surface area contributed by atoms with Crippen LogP contribution in [0.2, 0.25) is 0 Å². The lowest BCUT2D eigenvalue weighted by Crippen LogP contribution is -2.33. The maximum Gasteiger partial charge on any atom is 0.246 e. The fourth-order valence-electron chi connectivity index (χ4n) is 2.27. The van der Waals surface area contributed by atoms with Crippen molar-refractivity contribution in [3.8, 4) is 11.8 Å². The van der Waals surface area contributed by atoms with Gasteiger partial charge in [-0.15, -0.1) is 12.4 Å². The summed E-state index contributed by atoms with van der Waals surface area (Å²) in [6.45, 7) is 0.930. The van der Waals surface area contributed by atoms with Gasteiger partial charge in [0.1, 0.15) is 10.6 Å². The van der Waals surface area contributed by atoms with Gasteiger partial charge in [0.15, 0.2) is 0 Å². The highest BCUT2D eigenvalue weighted by molar-refractivity contribution is 7.89. The van der Waals surface area contributed by atoms with Gasteiger partial charge in [-0.25, -0.2) is 8.42 Å². The van der Waals surface area contributed by atoms with Gasteiger partial charge in [-0.1, -0.05) is 0 Å². The summed E-state index contributed by atoms with van der Waals surface area (Å²) >= 11 is 0. The molecule has 1 N–H and O–H groups in total. The Morgan fingerprint density at radius 1 is 1.48 bits per heavy atom. The Kier molecular flexibility index (Phi) is 5.98. The van der Waals surface area contributed by atoms with Gasteiger partial charge in [-0.05, 0) is 31.7 Å². The molecule has 1 heterocycles. The van der Waals surface area contributed by atoms with Crippen molar-refractivity contribution in [2.45, 2.75) is 17.4 Å². The zero-order valence-corrected chi connectivity index (χ0v) is 13.5. The molecule has 1 saturated heterocycles. The number of hydrogen-bond donors (Lipinski definition) is 1. The van der Waals surface area contributed by atoms with Crippen LogP contribution in [0, 0.1) is 11.3 Å². The molecule has 0 spiro atoms. The highest BCUT2D eigenvalue weighted by Gasteiger charge is 2.33. The largest absolute Gasteiger partial charge is 0.495 e. The quantitative estimate of drug-likeness (QED) is 0.889. The molecule has 0 aromatic heterocycles. The SMILES string of the molecule is CNC1CCN(S(=O)(=O)c2ccc(C#N)cc2OC)C1.Cl. The molecule has 1 aliphatic heterocycles. The van der Waals surface area contributed by atoms with Gasteiger partial charge < -0.3 is 10.1 Å². The number of benzene rings is 1. The van der Waals surface area contributed by atoms with Crippen LogP contribution in [0.15, 0.2) is 23.1 Å². The molecule has 1 aromatic carbocycles. The van der Waals surface area contributed by atoms with E-state index in [9.17, 15) is 8.42 Å². The van der Waals surface area contributed by atoms with E-state index in [0.29, 0.717) is 18.7 Å². The number of likely N-dealkylation sites (N-methyl/N-ethyl adjacent to an activating group) is 1. The van der Waals surface area contributed by atoms with Crippen molar-refractivity contribution in [2.24, 2.45) is 0 Å². The second-order valence-electron chi connectivity index (χ2n) is 4.61. The lowest BCUT2D eigenvalue weighted by Gasteiger charge is -2.18. The van der Waals surface area contributed by atoms with Gasteiger partial charge >= 0.3 is 0 Å². The Labute approximate surface area is 131 Å². The molecule has 1 aromatic rings. The zero-order chi connectivity index (χ0) is 14.8. The minimum Gasteiger partial charge on any atom is -0.495 e. The van der Waals surface area contributed by atoms with Gasteiger partial charge in [-0.3, -0.25) is 0 Å². The van der Waals surface area contributed by atoms with Gasteiger partial charge in [0.25, 0.3) is 0 Å². The Balaban J connectivity index is 0.00000220. The van der Waals surface area contributed by atoms with E-state index in [2.05, 4.69) is 5.32 Å². The lowest BCUT2D eigenvalue weighted by atomic mass is 10.2. The van der Waals surface area contributed by atoms with Crippen molar-refractivity contribution < 1.29 is 13.2 Å². The first-order chi connectivity index (χ1) is 9.52. The van der Waals surface area contributed by atoms with Crippen LogP contribution in [-0.2, 0) is 10.0 Å². The number of methoxy groups -OCH3 is 1. The summed E-state index contributed by atoms with van der Waals surface area (Å²) in [5.74, 6) is 0.206. The van der Waals surface area contributed by atoms with Gasteiger partial charge in [-0.2, -0.15) is 9.57 Å². The normalized spacial score (nSPS) is 18.8. The molecule has 6 nitrogen and oxygen atoms in total. The molecule has 0 aliphatic carbocycles. The van der Waals surface area contributed by atoms with Crippen molar-refractivity contribution in [1.29, 1.82) is 5.26 Å². The Hall–Kier alpha value is -1.33. The molecule has 116 valence electrons. The van der Waals surface area contributed by atoms with Crippen LogP contribution in [0.25, 0.3) is 0 Å². The van der Waals surface area contributed by atoms with Crippen LogP contribution in [-0.4, -0.2) is 46.0 Å². The van der Waals surface area contributed by atoms with Crippen LogP contribution in [0.5, 0.6) is 5.75 Å². The second-order valence-corrected chi connectivity index (χ2v) is 6.52. The molecule has 0 saturated carbocycles. The molecule has 0 bridgehead atoms. The molecule has 1 atom stereocenters. The monoisotopic (exact) mass is 331 g/mol. The van der Waals surface area contributed by atoms with Crippen LogP contribution in [0.3, 0.4) is 0 Å². The first kappa shape index (κ1) is 17.7. The van der Waals surface area contributed by atoms with Crippen molar-refractivity contribution in [3.63, 3.8) is 0 Å². The number of hydrogen-bond acceptors (Lipinski definition) is 5. The smallest absolute Gasteiger partial charge is 0.246 e. The maximum absolute atomic E-state index is 12.6.